The van der Waals surface area contributed by atoms with Crippen molar-refractivity contribution < 1.29 is 4.92 Å². The van der Waals surface area contributed by atoms with Crippen molar-refractivity contribution >= 4 is 28.0 Å². The van der Waals surface area contributed by atoms with Gasteiger partial charge < -0.3 is 10.2 Å². The molecule has 6 heteroatoms. The van der Waals surface area contributed by atoms with Crippen LogP contribution in [0.4, 0.5) is 11.4 Å². The number of benzene rings is 3. The van der Waals surface area contributed by atoms with E-state index in [0.717, 1.165) is 48.4 Å². The number of nitro groups is 1. The van der Waals surface area contributed by atoms with Crippen molar-refractivity contribution in [2.75, 3.05) is 26.2 Å². The van der Waals surface area contributed by atoms with Crippen LogP contribution in [0.2, 0.25) is 0 Å². The molecule has 6 nitrogen and oxygen atoms in total. The Hall–Kier alpha value is -3.25. The molecule has 0 bridgehead atoms. The molecule has 1 saturated heterocycles. The lowest BCUT2D eigenvalue weighted by molar-refractivity contribution is -0.385. The van der Waals surface area contributed by atoms with Crippen LogP contribution in [0.1, 0.15) is 11.1 Å². The van der Waals surface area contributed by atoms with Gasteiger partial charge in [0.2, 0.25) is 0 Å². The summed E-state index contributed by atoms with van der Waals surface area (Å²) in [6, 6.07) is 19.6. The van der Waals surface area contributed by atoms with Gasteiger partial charge in [-0.25, -0.2) is 4.99 Å². The van der Waals surface area contributed by atoms with E-state index >= 15 is 0 Å². The average molecular weight is 374 g/mol. The minimum absolute atomic E-state index is 0.0961. The third-order valence-corrected chi connectivity index (χ3v) is 5.07. The van der Waals surface area contributed by atoms with Gasteiger partial charge in [0.25, 0.3) is 5.69 Å². The fraction of sp³-hybridized carbons (Fsp3) is 0.227. The predicted octanol–water partition coefficient (Wildman–Crippen LogP) is 4.04. The molecule has 0 atom stereocenters. The Morgan fingerprint density at radius 3 is 2.61 bits per heavy atom. The molecule has 1 aliphatic rings. The summed E-state index contributed by atoms with van der Waals surface area (Å²) in [6.45, 7) is 5.20. The molecule has 0 radical (unpaired) electrons. The van der Waals surface area contributed by atoms with Gasteiger partial charge in [-0.1, -0.05) is 48.5 Å². The molecular formula is C22H22N4O2. The van der Waals surface area contributed by atoms with Gasteiger partial charge in [-0.3, -0.25) is 10.1 Å². The van der Waals surface area contributed by atoms with Crippen molar-refractivity contribution in [2.24, 2.45) is 4.99 Å². The molecular weight excluding hydrogens is 352 g/mol. The first-order valence-corrected chi connectivity index (χ1v) is 9.41. The smallest absolute Gasteiger partial charge is 0.274 e. The van der Waals surface area contributed by atoms with Crippen LogP contribution < -0.4 is 5.32 Å². The normalized spacial score (nSPS) is 15.0. The van der Waals surface area contributed by atoms with Crippen molar-refractivity contribution in [3.05, 3.63) is 81.9 Å². The molecule has 4 rings (SSSR count). The van der Waals surface area contributed by atoms with Crippen LogP contribution in [0.5, 0.6) is 0 Å². The van der Waals surface area contributed by atoms with Crippen molar-refractivity contribution in [3.8, 4) is 0 Å². The number of aryl methyl sites for hydroxylation is 1. The predicted molar refractivity (Wildman–Crippen MR) is 112 cm³/mol. The number of nitro benzene ring substituents is 1. The van der Waals surface area contributed by atoms with Gasteiger partial charge in [-0.2, -0.15) is 0 Å². The summed E-state index contributed by atoms with van der Waals surface area (Å²) < 4.78 is 0. The van der Waals surface area contributed by atoms with Crippen molar-refractivity contribution in [3.63, 3.8) is 0 Å². The van der Waals surface area contributed by atoms with E-state index in [0.29, 0.717) is 11.3 Å². The molecule has 0 saturated carbocycles. The van der Waals surface area contributed by atoms with Gasteiger partial charge in [-0.05, 0) is 23.8 Å². The van der Waals surface area contributed by atoms with Crippen LogP contribution in [-0.4, -0.2) is 41.8 Å². The second-order valence-corrected chi connectivity index (χ2v) is 6.93. The highest BCUT2D eigenvalue weighted by Crippen LogP contribution is 2.27. The van der Waals surface area contributed by atoms with Gasteiger partial charge in [-0.15, -0.1) is 0 Å². The first kappa shape index (κ1) is 18.1. The minimum atomic E-state index is -0.350. The number of piperazine rings is 1. The van der Waals surface area contributed by atoms with Crippen molar-refractivity contribution in [1.29, 1.82) is 0 Å². The number of fused-ring (bicyclic) bond motifs is 1. The lowest BCUT2D eigenvalue weighted by Gasteiger charge is -2.31. The molecule has 142 valence electrons. The Morgan fingerprint density at radius 2 is 1.82 bits per heavy atom. The summed E-state index contributed by atoms with van der Waals surface area (Å²) in [6.07, 6.45) is 0. The molecule has 0 spiro atoms. The Labute approximate surface area is 163 Å². The average Bonchev–Trinajstić information content (AvgIpc) is 2.73. The fourth-order valence-electron chi connectivity index (χ4n) is 3.58. The van der Waals surface area contributed by atoms with Crippen LogP contribution in [0, 0.1) is 17.0 Å². The molecule has 0 aromatic heterocycles. The quantitative estimate of drug-likeness (QED) is 0.325. The number of aliphatic imine (C=N–C) groups is 1. The maximum Gasteiger partial charge on any atom is 0.274 e. The first-order valence-electron chi connectivity index (χ1n) is 9.41. The third-order valence-electron chi connectivity index (χ3n) is 5.07. The van der Waals surface area contributed by atoms with E-state index in [4.69, 9.17) is 4.99 Å². The van der Waals surface area contributed by atoms with Crippen LogP contribution in [0.25, 0.3) is 10.8 Å². The van der Waals surface area contributed by atoms with Crippen LogP contribution >= 0.6 is 0 Å². The standard InChI is InChI=1S/C22H22N4O2/c1-16-9-10-18(15-21(16)26(27)28)24-22(25-13-11-23-12-14-25)20-8-4-6-17-5-2-3-7-19(17)20/h2-10,15,23H,11-14H2,1H3. The van der Waals surface area contributed by atoms with Crippen molar-refractivity contribution in [1.82, 2.24) is 10.2 Å². The van der Waals surface area contributed by atoms with Crippen LogP contribution in [-0.2, 0) is 0 Å². The van der Waals surface area contributed by atoms with E-state index in [2.05, 4.69) is 34.5 Å². The molecule has 0 amide bonds. The molecule has 3 aromatic carbocycles. The zero-order valence-corrected chi connectivity index (χ0v) is 15.8. The van der Waals surface area contributed by atoms with Gasteiger partial charge in [0.1, 0.15) is 5.84 Å². The number of amidine groups is 1. The Bertz CT molecular complexity index is 1050. The number of rotatable bonds is 3. The molecule has 0 unspecified atom stereocenters. The summed E-state index contributed by atoms with van der Waals surface area (Å²) in [5.74, 6) is 0.858. The number of nitrogens with zero attached hydrogens (tertiary/aromatic N) is 3. The van der Waals surface area contributed by atoms with E-state index < -0.39 is 0 Å². The molecule has 1 N–H and O–H groups in total. The Balaban J connectivity index is 1.88. The van der Waals surface area contributed by atoms with E-state index in [1.165, 1.54) is 0 Å². The number of hydrogen-bond acceptors (Lipinski definition) is 4. The maximum atomic E-state index is 11.3. The van der Waals surface area contributed by atoms with Gasteiger partial charge in [0.05, 0.1) is 10.6 Å². The molecule has 0 aliphatic carbocycles. The summed E-state index contributed by atoms with van der Waals surface area (Å²) in [4.78, 5) is 18.1. The molecule has 28 heavy (non-hydrogen) atoms. The molecule has 1 aliphatic heterocycles. The Morgan fingerprint density at radius 1 is 1.07 bits per heavy atom. The van der Waals surface area contributed by atoms with Crippen molar-refractivity contribution in [2.45, 2.75) is 6.92 Å². The Kier molecular flexibility index (Phi) is 5.04. The monoisotopic (exact) mass is 374 g/mol. The summed E-state index contributed by atoms with van der Waals surface area (Å²) in [5, 5.41) is 17.0. The SMILES string of the molecule is Cc1ccc(N=C(c2cccc3ccccc23)N2CCNCC2)cc1[N+](=O)[O-]. The third kappa shape index (κ3) is 3.59. The maximum absolute atomic E-state index is 11.3. The minimum Gasteiger partial charge on any atom is -0.354 e. The van der Waals surface area contributed by atoms with Gasteiger partial charge >= 0.3 is 0 Å². The van der Waals surface area contributed by atoms with Gasteiger partial charge in [0.15, 0.2) is 0 Å². The lowest BCUT2D eigenvalue weighted by Crippen LogP contribution is -2.46. The number of nitrogens with one attached hydrogen (secondary N) is 1. The lowest BCUT2D eigenvalue weighted by atomic mass is 10.0. The topological polar surface area (TPSA) is 70.8 Å². The zero-order valence-electron chi connectivity index (χ0n) is 15.8. The largest absolute Gasteiger partial charge is 0.354 e. The van der Waals surface area contributed by atoms with Crippen LogP contribution in [0.3, 0.4) is 0 Å². The second-order valence-electron chi connectivity index (χ2n) is 6.93. The van der Waals surface area contributed by atoms with Gasteiger partial charge in [0, 0.05) is 43.4 Å². The summed E-state index contributed by atoms with van der Waals surface area (Å²) in [7, 11) is 0. The zero-order chi connectivity index (χ0) is 19.5. The van der Waals surface area contributed by atoms with Crippen LogP contribution in [0.15, 0.2) is 65.7 Å². The highest BCUT2D eigenvalue weighted by Gasteiger charge is 2.19. The van der Waals surface area contributed by atoms with E-state index in [1.807, 2.05) is 24.3 Å². The fourth-order valence-corrected chi connectivity index (χ4v) is 3.58. The summed E-state index contributed by atoms with van der Waals surface area (Å²) >= 11 is 0. The highest BCUT2D eigenvalue weighted by atomic mass is 16.6. The summed E-state index contributed by atoms with van der Waals surface area (Å²) in [5.41, 5.74) is 2.37. The second kappa shape index (κ2) is 7.78. The van der Waals surface area contributed by atoms with E-state index in [-0.39, 0.29) is 10.6 Å². The van der Waals surface area contributed by atoms with E-state index in [1.54, 1.807) is 19.1 Å². The number of hydrogen-bond donors (Lipinski definition) is 1. The van der Waals surface area contributed by atoms with E-state index in [9.17, 15) is 10.1 Å². The molecule has 1 fully saturated rings. The highest BCUT2D eigenvalue weighted by molar-refractivity contribution is 6.10. The molecule has 3 aromatic rings. The molecule has 1 heterocycles. The first-order chi connectivity index (χ1) is 13.6.